The summed E-state index contributed by atoms with van der Waals surface area (Å²) in [5.74, 6) is 2.19. The molecule has 11 heteroatoms. The molecule has 2 rings (SSSR count). The number of nitrogens with two attached hydrogens (primary N) is 2. The average Bonchev–Trinajstić information content (AvgIpc) is 2.68. The molecule has 2 fully saturated rings. The normalized spacial score (nSPS) is 25.7. The fraction of sp³-hybridized carbons (Fsp3) is 0.833. The fourth-order valence-electron chi connectivity index (χ4n) is 3.68. The van der Waals surface area contributed by atoms with Crippen molar-refractivity contribution in [2.24, 2.45) is 28.5 Å². The predicted octanol–water partition coefficient (Wildman–Crippen LogP) is -1.35. The van der Waals surface area contributed by atoms with Gasteiger partial charge in [-0.2, -0.15) is 5.10 Å². The number of esters is 1. The molecular weight excluding hydrogens is 380 g/mol. The number of rotatable bonds is 7. The molecule has 0 aromatic rings. The van der Waals surface area contributed by atoms with Crippen molar-refractivity contribution in [1.29, 1.82) is 0 Å². The lowest BCUT2D eigenvalue weighted by Gasteiger charge is -2.47. The maximum absolute atomic E-state index is 12.1. The summed E-state index contributed by atoms with van der Waals surface area (Å²) in [5.41, 5.74) is 7.27. The number of carbonyl (C=O) groups excluding carboxylic acids is 2. The summed E-state index contributed by atoms with van der Waals surface area (Å²) in [6.45, 7) is 4.76. The molecule has 9 N–H and O–H groups in total. The minimum atomic E-state index is -2.09. The van der Waals surface area contributed by atoms with Gasteiger partial charge < -0.3 is 26.0 Å². The number of hydrazine groups is 1. The molecule has 0 spiro atoms. The van der Waals surface area contributed by atoms with E-state index < -0.39 is 17.8 Å². The van der Waals surface area contributed by atoms with E-state index in [0.717, 1.165) is 25.7 Å². The molecule has 0 aromatic carbocycles. The fourth-order valence-corrected chi connectivity index (χ4v) is 3.68. The summed E-state index contributed by atoms with van der Waals surface area (Å²) < 4.78 is 5.03. The Labute approximate surface area is 171 Å². The Kier molecular flexibility index (Phi) is 10.9. The third kappa shape index (κ3) is 7.77. The van der Waals surface area contributed by atoms with Crippen LogP contribution in [0.4, 0.5) is 0 Å². The molecule has 0 aromatic heterocycles. The minimum Gasteiger partial charge on any atom is -0.464 e. The van der Waals surface area contributed by atoms with Gasteiger partial charge in [0, 0.05) is 18.9 Å². The van der Waals surface area contributed by atoms with Crippen LogP contribution in [0, 0.1) is 11.8 Å². The van der Waals surface area contributed by atoms with Gasteiger partial charge in [-0.3, -0.25) is 14.9 Å². The second kappa shape index (κ2) is 12.6. The van der Waals surface area contributed by atoms with Gasteiger partial charge in [0.15, 0.2) is 11.8 Å². The Morgan fingerprint density at radius 1 is 1.28 bits per heavy atom. The number of aliphatic hydroxyl groups is 2. The monoisotopic (exact) mass is 416 g/mol. The second-order valence-corrected chi connectivity index (χ2v) is 7.23. The SMILES string of the molecule is CC/C(N)=N/NN.CCNC(=O)CCOC(=O)C1NCC2CCCCC2C1(O)O. The van der Waals surface area contributed by atoms with E-state index in [2.05, 4.69) is 21.3 Å². The summed E-state index contributed by atoms with van der Waals surface area (Å²) in [7, 11) is 0. The van der Waals surface area contributed by atoms with Crippen LogP contribution in [0.5, 0.6) is 0 Å². The van der Waals surface area contributed by atoms with E-state index in [0.29, 0.717) is 25.3 Å². The topological polar surface area (TPSA) is 184 Å². The largest absolute Gasteiger partial charge is 0.464 e. The van der Waals surface area contributed by atoms with Crippen LogP contribution < -0.4 is 27.7 Å². The van der Waals surface area contributed by atoms with Crippen LogP contribution in [0.3, 0.4) is 0 Å². The number of piperidine rings is 1. The van der Waals surface area contributed by atoms with Gasteiger partial charge in [0.2, 0.25) is 5.91 Å². The summed E-state index contributed by atoms with van der Waals surface area (Å²) in [6, 6.07) is -1.15. The van der Waals surface area contributed by atoms with Gasteiger partial charge in [0.25, 0.3) is 0 Å². The summed E-state index contributed by atoms with van der Waals surface area (Å²) in [5, 5.41) is 29.8. The van der Waals surface area contributed by atoms with Gasteiger partial charge in [-0.1, -0.05) is 19.8 Å². The molecule has 3 atom stereocenters. The van der Waals surface area contributed by atoms with Crippen molar-refractivity contribution in [1.82, 2.24) is 16.2 Å². The molecule has 1 saturated carbocycles. The first-order valence-electron chi connectivity index (χ1n) is 10.2. The van der Waals surface area contributed by atoms with E-state index >= 15 is 0 Å². The van der Waals surface area contributed by atoms with Gasteiger partial charge in [-0.25, -0.2) is 11.4 Å². The van der Waals surface area contributed by atoms with Crippen LogP contribution in [0.15, 0.2) is 5.10 Å². The number of amides is 1. The first-order valence-corrected chi connectivity index (χ1v) is 10.2. The van der Waals surface area contributed by atoms with E-state index in [1.165, 1.54) is 0 Å². The second-order valence-electron chi connectivity index (χ2n) is 7.23. The van der Waals surface area contributed by atoms with Gasteiger partial charge in [-0.05, 0) is 32.2 Å². The lowest BCUT2D eigenvalue weighted by molar-refractivity contribution is -0.253. The zero-order chi connectivity index (χ0) is 21.9. The van der Waals surface area contributed by atoms with Gasteiger partial charge >= 0.3 is 5.97 Å². The van der Waals surface area contributed by atoms with Crippen LogP contribution in [0.2, 0.25) is 0 Å². The Morgan fingerprint density at radius 2 is 1.97 bits per heavy atom. The summed E-state index contributed by atoms with van der Waals surface area (Å²) >= 11 is 0. The Bertz CT molecular complexity index is 557. The van der Waals surface area contributed by atoms with Crippen molar-refractivity contribution in [3.8, 4) is 0 Å². The van der Waals surface area contributed by atoms with E-state index in [4.69, 9.17) is 16.3 Å². The number of fused-ring (bicyclic) bond motifs is 1. The molecule has 1 saturated heterocycles. The first kappa shape index (κ1) is 25.1. The van der Waals surface area contributed by atoms with Crippen LogP contribution in [-0.2, 0) is 14.3 Å². The highest BCUT2D eigenvalue weighted by Gasteiger charge is 2.53. The minimum absolute atomic E-state index is 0.0625. The number of carbonyl (C=O) groups is 2. The van der Waals surface area contributed by atoms with Gasteiger partial charge in [0.05, 0.1) is 6.42 Å². The molecule has 1 heterocycles. The number of amidine groups is 1. The molecule has 2 aliphatic rings. The van der Waals surface area contributed by atoms with Gasteiger partial charge in [-0.15, -0.1) is 0 Å². The molecule has 1 amide bonds. The molecule has 3 unspecified atom stereocenters. The highest BCUT2D eigenvalue weighted by molar-refractivity contribution is 5.79. The third-order valence-electron chi connectivity index (χ3n) is 5.22. The smallest absolute Gasteiger partial charge is 0.328 e. The zero-order valence-corrected chi connectivity index (χ0v) is 17.3. The quantitative estimate of drug-likeness (QED) is 0.0658. The van der Waals surface area contributed by atoms with Crippen LogP contribution in [-0.4, -0.2) is 59.5 Å². The Morgan fingerprint density at radius 3 is 2.55 bits per heavy atom. The van der Waals surface area contributed by atoms with E-state index in [1.807, 2.05) is 13.8 Å². The number of hydrogen-bond acceptors (Lipinski definition) is 9. The molecule has 1 aliphatic carbocycles. The molecule has 168 valence electrons. The van der Waals surface area contributed by atoms with Crippen molar-refractivity contribution < 1.29 is 24.5 Å². The number of ether oxygens (including phenoxy) is 1. The van der Waals surface area contributed by atoms with E-state index in [-0.39, 0.29) is 30.8 Å². The number of hydrogen-bond donors (Lipinski definition) is 7. The number of nitrogens with zero attached hydrogens (tertiary/aromatic N) is 1. The Hall–Kier alpha value is -1.95. The van der Waals surface area contributed by atoms with E-state index in [1.54, 1.807) is 0 Å². The summed E-state index contributed by atoms with van der Waals surface area (Å²) in [4.78, 5) is 23.4. The molecular formula is C18H36N6O5. The van der Waals surface area contributed by atoms with Crippen molar-refractivity contribution >= 4 is 17.7 Å². The number of nitrogens with one attached hydrogen (secondary N) is 3. The lowest BCUT2D eigenvalue weighted by Crippen LogP contribution is -2.67. The van der Waals surface area contributed by atoms with Crippen molar-refractivity contribution in [3.05, 3.63) is 0 Å². The van der Waals surface area contributed by atoms with Crippen LogP contribution in [0.25, 0.3) is 0 Å². The molecule has 29 heavy (non-hydrogen) atoms. The zero-order valence-electron chi connectivity index (χ0n) is 17.3. The van der Waals surface area contributed by atoms with Gasteiger partial charge in [0.1, 0.15) is 12.4 Å². The van der Waals surface area contributed by atoms with Crippen molar-refractivity contribution in [2.45, 2.75) is 64.2 Å². The van der Waals surface area contributed by atoms with Crippen LogP contribution in [0.1, 0.15) is 52.4 Å². The molecule has 11 nitrogen and oxygen atoms in total. The molecule has 1 aliphatic heterocycles. The highest BCUT2D eigenvalue weighted by Crippen LogP contribution is 2.40. The third-order valence-corrected chi connectivity index (χ3v) is 5.22. The maximum atomic E-state index is 12.1. The Balaban J connectivity index is 0.000000516. The maximum Gasteiger partial charge on any atom is 0.328 e. The number of hydrazone groups is 1. The standard InChI is InChI=1S/C15H26N2O5.C3H10N4/c1-2-16-12(18)7-8-22-14(19)13-15(20,21)11-6-4-3-5-10(11)9-17-13;1-2-3(4)6-7-5/h10-11,13,17,20-21H,2-9H2,1H3,(H,16,18);7H,2,5H2,1H3,(H2,4,6). The average molecular weight is 417 g/mol. The first-order chi connectivity index (χ1) is 13.8. The van der Waals surface area contributed by atoms with Crippen LogP contribution >= 0.6 is 0 Å². The molecule has 0 bridgehead atoms. The van der Waals surface area contributed by atoms with E-state index in [9.17, 15) is 19.8 Å². The predicted molar refractivity (Wildman–Crippen MR) is 108 cm³/mol. The van der Waals surface area contributed by atoms with Crippen molar-refractivity contribution in [2.75, 3.05) is 19.7 Å². The summed E-state index contributed by atoms with van der Waals surface area (Å²) in [6.07, 6.45) is 4.48. The highest BCUT2D eigenvalue weighted by atomic mass is 16.5. The molecule has 0 radical (unpaired) electrons. The lowest BCUT2D eigenvalue weighted by atomic mass is 9.70. The van der Waals surface area contributed by atoms with Crippen molar-refractivity contribution in [3.63, 3.8) is 0 Å².